The van der Waals surface area contributed by atoms with Crippen LogP contribution in [0.25, 0.3) is 0 Å². The van der Waals surface area contributed by atoms with Crippen molar-refractivity contribution in [3.05, 3.63) is 54.6 Å². The number of rotatable bonds is 5. The average Bonchev–Trinajstić information content (AvgIpc) is 3.05. The number of ether oxygens (including phenoxy) is 1. The second-order valence-electron chi connectivity index (χ2n) is 6.12. The number of amides is 1. The van der Waals surface area contributed by atoms with Crippen LogP contribution < -0.4 is 10.2 Å². The summed E-state index contributed by atoms with van der Waals surface area (Å²) in [6.07, 6.45) is 0.600. The van der Waals surface area contributed by atoms with Gasteiger partial charge < -0.3 is 4.74 Å². The smallest absolute Gasteiger partial charge is 0.279 e. The molecule has 138 valence electrons. The summed E-state index contributed by atoms with van der Waals surface area (Å²) in [6.45, 7) is 0.425. The third-order valence-corrected chi connectivity index (χ3v) is 7.14. The predicted octanol–water partition coefficient (Wildman–Crippen LogP) is 2.18. The highest BCUT2D eigenvalue weighted by Gasteiger charge is 2.57. The van der Waals surface area contributed by atoms with E-state index in [-0.39, 0.29) is 17.1 Å². The van der Waals surface area contributed by atoms with Gasteiger partial charge in [0.25, 0.3) is 5.91 Å². The van der Waals surface area contributed by atoms with Gasteiger partial charge in [0.15, 0.2) is 0 Å². The predicted molar refractivity (Wildman–Crippen MR) is 94.7 cm³/mol. The molecule has 3 rings (SSSR count). The first-order chi connectivity index (χ1) is 12.4. The van der Waals surface area contributed by atoms with E-state index in [2.05, 4.69) is 0 Å². The summed E-state index contributed by atoms with van der Waals surface area (Å²) in [6, 6.07) is 15.0. The highest BCUT2D eigenvalue weighted by atomic mass is 32.2. The van der Waals surface area contributed by atoms with Crippen LogP contribution in [0.3, 0.4) is 0 Å². The maximum atomic E-state index is 13.5. The second-order valence-corrected chi connectivity index (χ2v) is 8.24. The second kappa shape index (κ2) is 7.06. The van der Waals surface area contributed by atoms with E-state index in [1.807, 2.05) is 6.07 Å². The van der Waals surface area contributed by atoms with Crippen LogP contribution in [0.1, 0.15) is 12.8 Å². The summed E-state index contributed by atoms with van der Waals surface area (Å²) < 4.78 is 32.7. The van der Waals surface area contributed by atoms with Gasteiger partial charge in [0.1, 0.15) is 16.4 Å². The quantitative estimate of drug-likeness (QED) is 0.613. The molecule has 0 radical (unpaired) electrons. The Morgan fingerprint density at radius 1 is 1.15 bits per heavy atom. The molecule has 1 fully saturated rings. The summed E-state index contributed by atoms with van der Waals surface area (Å²) >= 11 is 0. The number of para-hydroxylation sites is 2. The summed E-state index contributed by atoms with van der Waals surface area (Å²) in [7, 11) is -2.63. The average molecular weight is 376 g/mol. The van der Waals surface area contributed by atoms with Crippen LogP contribution in [0.15, 0.2) is 59.5 Å². The van der Waals surface area contributed by atoms with Crippen LogP contribution in [-0.2, 0) is 14.6 Å². The maximum absolute atomic E-state index is 13.5. The molecule has 2 N–H and O–H groups in total. The Bertz CT molecular complexity index is 901. The van der Waals surface area contributed by atoms with Crippen molar-refractivity contribution in [3.8, 4) is 11.5 Å². The van der Waals surface area contributed by atoms with Crippen molar-refractivity contribution in [1.82, 2.24) is 10.4 Å². The molecule has 2 aromatic rings. The molecule has 1 aliphatic rings. The van der Waals surface area contributed by atoms with E-state index >= 15 is 0 Å². The van der Waals surface area contributed by atoms with Gasteiger partial charge in [0.05, 0.1) is 0 Å². The number of hydroxylamine groups is 1. The van der Waals surface area contributed by atoms with Crippen molar-refractivity contribution < 1.29 is 23.2 Å². The molecule has 7 nitrogen and oxygen atoms in total. The summed E-state index contributed by atoms with van der Waals surface area (Å²) in [5, 5.41) is 9.17. The number of nitrogens with one attached hydrogen (secondary N) is 1. The number of carbonyl (C=O) groups excluding carboxylic acids is 1. The fourth-order valence-corrected chi connectivity index (χ4v) is 5.52. The molecule has 0 aliphatic carbocycles. The Morgan fingerprint density at radius 2 is 1.81 bits per heavy atom. The van der Waals surface area contributed by atoms with Gasteiger partial charge in [-0.2, -0.15) is 0 Å². The third-order valence-electron chi connectivity index (χ3n) is 4.64. The number of benzene rings is 2. The molecular weight excluding hydrogens is 356 g/mol. The zero-order valence-electron chi connectivity index (χ0n) is 14.3. The first-order valence-corrected chi connectivity index (χ1v) is 9.64. The minimum atomic E-state index is -4.18. The lowest BCUT2D eigenvalue weighted by molar-refractivity contribution is -0.135. The molecule has 0 spiro atoms. The third kappa shape index (κ3) is 2.86. The van der Waals surface area contributed by atoms with Gasteiger partial charge in [-0.1, -0.05) is 30.3 Å². The number of likely N-dealkylation sites (N-methyl/N-ethyl adjacent to an activating group) is 1. The highest BCUT2D eigenvalue weighted by molar-refractivity contribution is 7.93. The van der Waals surface area contributed by atoms with Gasteiger partial charge in [0, 0.05) is 0 Å². The van der Waals surface area contributed by atoms with Crippen molar-refractivity contribution in [2.24, 2.45) is 0 Å². The van der Waals surface area contributed by atoms with Gasteiger partial charge in [-0.25, -0.2) is 13.9 Å². The maximum Gasteiger partial charge on any atom is 0.279 e. The Labute approximate surface area is 152 Å². The van der Waals surface area contributed by atoms with Crippen LogP contribution in [0.5, 0.6) is 11.5 Å². The van der Waals surface area contributed by atoms with Crippen LogP contribution in [0.2, 0.25) is 0 Å². The Kier molecular flexibility index (Phi) is 4.99. The number of hydrogen-bond donors (Lipinski definition) is 2. The summed E-state index contributed by atoms with van der Waals surface area (Å²) in [4.78, 5) is 11.9. The minimum absolute atomic E-state index is 0.0812. The Morgan fingerprint density at radius 3 is 2.42 bits per heavy atom. The molecule has 0 saturated carbocycles. The van der Waals surface area contributed by atoms with Crippen LogP contribution in [0.4, 0.5) is 0 Å². The van der Waals surface area contributed by atoms with E-state index in [1.54, 1.807) is 49.5 Å². The molecule has 8 heteroatoms. The van der Waals surface area contributed by atoms with Crippen molar-refractivity contribution in [3.63, 3.8) is 0 Å². The van der Waals surface area contributed by atoms with E-state index in [1.165, 1.54) is 16.4 Å². The number of likely N-dealkylation sites (tertiary alicyclic amines) is 1. The lowest BCUT2D eigenvalue weighted by atomic mass is 10.2. The van der Waals surface area contributed by atoms with Gasteiger partial charge in [0.2, 0.25) is 14.7 Å². The van der Waals surface area contributed by atoms with Crippen molar-refractivity contribution in [2.75, 3.05) is 13.6 Å². The lowest BCUT2D eigenvalue weighted by Crippen LogP contribution is -2.58. The zero-order valence-corrected chi connectivity index (χ0v) is 15.1. The topological polar surface area (TPSA) is 95.9 Å². The highest BCUT2D eigenvalue weighted by Crippen LogP contribution is 2.41. The lowest BCUT2D eigenvalue weighted by Gasteiger charge is -2.33. The number of hydrogen-bond acceptors (Lipinski definition) is 6. The Balaban J connectivity index is 2.11. The monoisotopic (exact) mass is 376 g/mol. The normalized spacial score (nSPS) is 20.7. The molecule has 0 aromatic heterocycles. The molecule has 26 heavy (non-hydrogen) atoms. The van der Waals surface area contributed by atoms with E-state index in [0.29, 0.717) is 18.7 Å². The van der Waals surface area contributed by atoms with Crippen molar-refractivity contribution in [1.29, 1.82) is 0 Å². The molecule has 2 aromatic carbocycles. The molecular formula is C18H20N2O5S. The molecule has 1 unspecified atom stereocenters. The first kappa shape index (κ1) is 18.4. The van der Waals surface area contributed by atoms with Crippen molar-refractivity contribution in [2.45, 2.75) is 22.6 Å². The molecule has 1 atom stereocenters. The largest absolute Gasteiger partial charge is 0.456 e. The first-order valence-electron chi connectivity index (χ1n) is 8.16. The molecule has 0 bridgehead atoms. The fraction of sp³-hybridized carbons (Fsp3) is 0.278. The van der Waals surface area contributed by atoms with Crippen LogP contribution in [0, 0.1) is 0 Å². The van der Waals surface area contributed by atoms with Crippen LogP contribution >= 0.6 is 0 Å². The molecule has 1 amide bonds. The molecule has 1 saturated heterocycles. The van der Waals surface area contributed by atoms with Crippen LogP contribution in [-0.4, -0.2) is 42.9 Å². The summed E-state index contributed by atoms with van der Waals surface area (Å²) in [5.41, 5.74) is 1.52. The van der Waals surface area contributed by atoms with Gasteiger partial charge in [-0.15, -0.1) is 0 Å². The number of nitrogens with zero attached hydrogens (tertiary/aromatic N) is 1. The SMILES string of the molecule is CN1CCCC1(C(=O)NO)S(=O)(=O)c1ccccc1Oc1ccccc1. The van der Waals surface area contributed by atoms with E-state index < -0.39 is 20.6 Å². The minimum Gasteiger partial charge on any atom is -0.456 e. The number of sulfone groups is 1. The number of carbonyl (C=O) groups is 1. The van der Waals surface area contributed by atoms with Gasteiger partial charge in [-0.05, 0) is 50.7 Å². The van der Waals surface area contributed by atoms with E-state index in [4.69, 9.17) is 4.74 Å². The molecule has 1 aliphatic heterocycles. The summed E-state index contributed by atoms with van der Waals surface area (Å²) in [5.74, 6) is -0.355. The zero-order chi connectivity index (χ0) is 18.8. The van der Waals surface area contributed by atoms with Gasteiger partial charge in [-0.3, -0.25) is 14.9 Å². The fourth-order valence-electron chi connectivity index (χ4n) is 3.32. The van der Waals surface area contributed by atoms with Crippen molar-refractivity contribution >= 4 is 15.7 Å². The van der Waals surface area contributed by atoms with E-state index in [9.17, 15) is 18.4 Å². The standard InChI is InChI=1S/C18H20N2O5S/c1-20-13-7-12-18(20,17(21)19-22)26(23,24)16-11-6-5-10-15(16)25-14-8-3-2-4-9-14/h2-6,8-11,22H,7,12-13H2,1H3,(H,19,21). The molecule has 1 heterocycles. The Hall–Kier alpha value is -2.42. The van der Waals surface area contributed by atoms with Gasteiger partial charge >= 0.3 is 0 Å². The van der Waals surface area contributed by atoms with E-state index in [0.717, 1.165) is 0 Å².